The number of benzene rings is 1. The van der Waals surface area contributed by atoms with Crippen molar-refractivity contribution in [3.05, 3.63) is 33.4 Å². The van der Waals surface area contributed by atoms with Crippen LogP contribution in [0.4, 0.5) is 0 Å². The number of hydrogen-bond donors (Lipinski definition) is 1. The van der Waals surface area contributed by atoms with Crippen LogP contribution in [0.5, 0.6) is 0 Å². The second-order valence-electron chi connectivity index (χ2n) is 4.29. The SMILES string of the molecule is CCCC(CCCc1ccc(I)cc1)NC. The first-order chi connectivity index (χ1) is 7.76. The van der Waals surface area contributed by atoms with Crippen LogP contribution in [0.25, 0.3) is 0 Å². The van der Waals surface area contributed by atoms with E-state index in [1.54, 1.807) is 0 Å². The topological polar surface area (TPSA) is 12.0 Å². The highest BCUT2D eigenvalue weighted by molar-refractivity contribution is 14.1. The number of aryl methyl sites for hydroxylation is 1. The third kappa shape index (κ3) is 5.30. The van der Waals surface area contributed by atoms with Gasteiger partial charge < -0.3 is 5.32 Å². The summed E-state index contributed by atoms with van der Waals surface area (Å²) in [6.45, 7) is 2.25. The van der Waals surface area contributed by atoms with Gasteiger partial charge in [0.2, 0.25) is 0 Å². The van der Waals surface area contributed by atoms with E-state index in [0.29, 0.717) is 6.04 Å². The summed E-state index contributed by atoms with van der Waals surface area (Å²) in [4.78, 5) is 0. The van der Waals surface area contributed by atoms with Crippen molar-refractivity contribution in [2.24, 2.45) is 0 Å². The van der Waals surface area contributed by atoms with Gasteiger partial charge in [0.1, 0.15) is 0 Å². The predicted octanol–water partition coefficient (Wildman–Crippen LogP) is 4.00. The molecule has 0 bridgehead atoms. The second kappa shape index (κ2) is 8.07. The van der Waals surface area contributed by atoms with E-state index < -0.39 is 0 Å². The van der Waals surface area contributed by atoms with Crippen LogP contribution < -0.4 is 5.32 Å². The van der Waals surface area contributed by atoms with Crippen molar-refractivity contribution < 1.29 is 0 Å². The van der Waals surface area contributed by atoms with Crippen molar-refractivity contribution in [1.29, 1.82) is 0 Å². The van der Waals surface area contributed by atoms with Crippen LogP contribution in [-0.4, -0.2) is 13.1 Å². The van der Waals surface area contributed by atoms with Crippen molar-refractivity contribution in [3.63, 3.8) is 0 Å². The van der Waals surface area contributed by atoms with Crippen LogP contribution in [0.1, 0.15) is 38.2 Å². The van der Waals surface area contributed by atoms with Crippen molar-refractivity contribution in [2.45, 2.75) is 45.1 Å². The van der Waals surface area contributed by atoms with Crippen LogP contribution >= 0.6 is 22.6 Å². The first-order valence-electron chi connectivity index (χ1n) is 6.18. The Labute approximate surface area is 113 Å². The molecule has 0 aromatic heterocycles. The summed E-state index contributed by atoms with van der Waals surface area (Å²) < 4.78 is 1.32. The van der Waals surface area contributed by atoms with Gasteiger partial charge in [-0.2, -0.15) is 0 Å². The molecule has 1 aromatic rings. The molecule has 1 unspecified atom stereocenters. The van der Waals surface area contributed by atoms with Gasteiger partial charge in [0.15, 0.2) is 0 Å². The second-order valence-corrected chi connectivity index (χ2v) is 5.54. The van der Waals surface area contributed by atoms with Crippen LogP contribution in [0.15, 0.2) is 24.3 Å². The Morgan fingerprint density at radius 1 is 1.19 bits per heavy atom. The van der Waals surface area contributed by atoms with Crippen molar-refractivity contribution in [1.82, 2.24) is 5.32 Å². The van der Waals surface area contributed by atoms with Crippen LogP contribution in [0.3, 0.4) is 0 Å². The van der Waals surface area contributed by atoms with E-state index in [2.05, 4.69) is 66.1 Å². The summed E-state index contributed by atoms with van der Waals surface area (Å²) in [6.07, 6.45) is 6.35. The summed E-state index contributed by atoms with van der Waals surface area (Å²) in [6, 6.07) is 9.58. The van der Waals surface area contributed by atoms with Gasteiger partial charge >= 0.3 is 0 Å². The normalized spacial score (nSPS) is 12.7. The smallest absolute Gasteiger partial charge is 0.0130 e. The molecule has 0 saturated carbocycles. The average molecular weight is 331 g/mol. The molecular formula is C14H22IN. The molecule has 1 rings (SSSR count). The highest BCUT2D eigenvalue weighted by Gasteiger charge is 2.04. The fraction of sp³-hybridized carbons (Fsp3) is 0.571. The Kier molecular flexibility index (Phi) is 7.05. The van der Waals surface area contributed by atoms with Gasteiger partial charge in [-0.3, -0.25) is 0 Å². The molecular weight excluding hydrogens is 309 g/mol. The van der Waals surface area contributed by atoms with Crippen molar-refractivity contribution >= 4 is 22.6 Å². The molecule has 0 amide bonds. The lowest BCUT2D eigenvalue weighted by Gasteiger charge is -2.14. The molecule has 0 fully saturated rings. The van der Waals surface area contributed by atoms with Gasteiger partial charge in [-0.15, -0.1) is 0 Å². The molecule has 1 nitrogen and oxygen atoms in total. The summed E-state index contributed by atoms with van der Waals surface area (Å²) in [5.41, 5.74) is 1.46. The van der Waals surface area contributed by atoms with Crippen molar-refractivity contribution in [3.8, 4) is 0 Å². The first kappa shape index (κ1) is 14.0. The van der Waals surface area contributed by atoms with Gasteiger partial charge in [0, 0.05) is 9.61 Å². The fourth-order valence-corrected chi connectivity index (χ4v) is 2.34. The molecule has 0 aliphatic carbocycles. The molecule has 0 aliphatic heterocycles. The third-order valence-corrected chi connectivity index (χ3v) is 3.70. The molecule has 0 saturated heterocycles. The number of rotatable bonds is 7. The van der Waals surface area contributed by atoms with E-state index in [4.69, 9.17) is 0 Å². The molecule has 0 spiro atoms. The van der Waals surface area contributed by atoms with E-state index in [0.717, 1.165) is 0 Å². The maximum atomic E-state index is 3.40. The molecule has 0 radical (unpaired) electrons. The number of halogens is 1. The van der Waals surface area contributed by atoms with Crippen molar-refractivity contribution in [2.75, 3.05) is 7.05 Å². The largest absolute Gasteiger partial charge is 0.317 e. The maximum Gasteiger partial charge on any atom is 0.0130 e. The Bertz CT molecular complexity index is 281. The fourth-order valence-electron chi connectivity index (χ4n) is 1.99. The lowest BCUT2D eigenvalue weighted by molar-refractivity contribution is 0.470. The minimum Gasteiger partial charge on any atom is -0.317 e. The van der Waals surface area contributed by atoms with Gasteiger partial charge in [0.05, 0.1) is 0 Å². The van der Waals surface area contributed by atoms with Gasteiger partial charge in [-0.05, 0) is 73.0 Å². The Morgan fingerprint density at radius 3 is 2.44 bits per heavy atom. The molecule has 1 N–H and O–H groups in total. The maximum absolute atomic E-state index is 3.40. The third-order valence-electron chi connectivity index (χ3n) is 2.98. The Hall–Kier alpha value is -0.0900. The zero-order valence-corrected chi connectivity index (χ0v) is 12.5. The van der Waals surface area contributed by atoms with Gasteiger partial charge in [-0.1, -0.05) is 25.5 Å². The summed E-state index contributed by atoms with van der Waals surface area (Å²) in [5, 5.41) is 3.40. The summed E-state index contributed by atoms with van der Waals surface area (Å²) in [5.74, 6) is 0. The van der Waals surface area contributed by atoms with Gasteiger partial charge in [0.25, 0.3) is 0 Å². The molecule has 2 heteroatoms. The highest BCUT2D eigenvalue weighted by atomic mass is 127. The molecule has 16 heavy (non-hydrogen) atoms. The molecule has 0 heterocycles. The zero-order chi connectivity index (χ0) is 11.8. The van der Waals surface area contributed by atoms with Crippen LogP contribution in [-0.2, 0) is 6.42 Å². The number of nitrogens with one attached hydrogen (secondary N) is 1. The highest BCUT2D eigenvalue weighted by Crippen LogP contribution is 2.11. The summed E-state index contributed by atoms with van der Waals surface area (Å²) in [7, 11) is 2.07. The average Bonchev–Trinajstić information content (AvgIpc) is 2.30. The van der Waals surface area contributed by atoms with E-state index >= 15 is 0 Å². The van der Waals surface area contributed by atoms with E-state index in [1.807, 2.05) is 0 Å². The molecule has 1 aromatic carbocycles. The zero-order valence-electron chi connectivity index (χ0n) is 10.3. The number of hydrogen-bond acceptors (Lipinski definition) is 1. The minimum atomic E-state index is 0.703. The van der Waals surface area contributed by atoms with E-state index in [9.17, 15) is 0 Å². The lowest BCUT2D eigenvalue weighted by Crippen LogP contribution is -2.24. The standard InChI is InChI=1S/C14H22IN/c1-3-5-14(16-2)7-4-6-12-8-10-13(15)11-9-12/h8-11,14,16H,3-7H2,1-2H3. The Morgan fingerprint density at radius 2 is 1.88 bits per heavy atom. The lowest BCUT2D eigenvalue weighted by atomic mass is 10.0. The van der Waals surface area contributed by atoms with Crippen LogP contribution in [0, 0.1) is 3.57 Å². The van der Waals surface area contributed by atoms with Crippen LogP contribution in [0.2, 0.25) is 0 Å². The van der Waals surface area contributed by atoms with E-state index in [-0.39, 0.29) is 0 Å². The molecule has 1 atom stereocenters. The predicted molar refractivity (Wildman–Crippen MR) is 79.9 cm³/mol. The minimum absolute atomic E-state index is 0.703. The molecule has 0 aliphatic rings. The quantitative estimate of drug-likeness (QED) is 0.745. The summed E-state index contributed by atoms with van der Waals surface area (Å²) >= 11 is 2.35. The first-order valence-corrected chi connectivity index (χ1v) is 7.25. The Balaban J connectivity index is 2.26. The van der Waals surface area contributed by atoms with Gasteiger partial charge in [-0.25, -0.2) is 0 Å². The van der Waals surface area contributed by atoms with E-state index in [1.165, 1.54) is 41.2 Å². The molecule has 90 valence electrons. The monoisotopic (exact) mass is 331 g/mol.